The average molecular weight is 401 g/mol. The Morgan fingerprint density at radius 3 is 2.76 bits per heavy atom. The number of rotatable bonds is 4. The molecule has 0 bridgehead atoms. The van der Waals surface area contributed by atoms with Crippen LogP contribution in [0.3, 0.4) is 0 Å². The van der Waals surface area contributed by atoms with Gasteiger partial charge in [0.05, 0.1) is 5.39 Å². The zero-order chi connectivity index (χ0) is 19.6. The van der Waals surface area contributed by atoms with Crippen LogP contribution in [0.4, 0.5) is 5.82 Å². The number of aromatic nitrogens is 3. The number of amides is 1. The van der Waals surface area contributed by atoms with Crippen LogP contribution in [0.25, 0.3) is 20.7 Å². The Morgan fingerprint density at radius 2 is 1.93 bits per heavy atom. The molecule has 144 valence electrons. The van der Waals surface area contributed by atoms with E-state index in [-0.39, 0.29) is 11.9 Å². The van der Waals surface area contributed by atoms with Crippen molar-refractivity contribution in [3.8, 4) is 10.4 Å². The van der Waals surface area contributed by atoms with E-state index in [9.17, 15) is 4.79 Å². The van der Waals surface area contributed by atoms with E-state index in [0.29, 0.717) is 18.8 Å². The van der Waals surface area contributed by atoms with Crippen LogP contribution in [0.5, 0.6) is 0 Å². The summed E-state index contributed by atoms with van der Waals surface area (Å²) in [4.78, 5) is 29.7. The molecule has 1 unspecified atom stereocenters. The zero-order valence-electron chi connectivity index (χ0n) is 15.7. The number of nitrogens with one attached hydrogen (secondary N) is 1. The molecule has 1 atom stereocenters. The van der Waals surface area contributed by atoms with Gasteiger partial charge in [0.2, 0.25) is 0 Å². The van der Waals surface area contributed by atoms with Crippen LogP contribution < -0.4 is 5.32 Å². The van der Waals surface area contributed by atoms with E-state index in [1.807, 2.05) is 35.2 Å². The first kappa shape index (κ1) is 17.8. The number of anilines is 1. The van der Waals surface area contributed by atoms with Gasteiger partial charge in [-0.1, -0.05) is 36.4 Å². The fraction of sp³-hybridized carbons (Fsp3) is 0.182. The second-order valence-electron chi connectivity index (χ2n) is 7.01. The lowest BCUT2D eigenvalue weighted by molar-refractivity contribution is 0.0786. The third-order valence-corrected chi connectivity index (χ3v) is 6.18. The molecule has 6 nitrogen and oxygen atoms in total. The molecule has 7 heteroatoms. The number of carbonyl (C=O) groups excluding carboxylic acids is 1. The van der Waals surface area contributed by atoms with Crippen LogP contribution in [0, 0.1) is 0 Å². The molecule has 0 saturated carbocycles. The van der Waals surface area contributed by atoms with Crippen LogP contribution >= 0.6 is 11.3 Å². The van der Waals surface area contributed by atoms with Crippen LogP contribution in [-0.4, -0.2) is 44.9 Å². The van der Waals surface area contributed by atoms with Crippen molar-refractivity contribution in [1.29, 1.82) is 0 Å². The third kappa shape index (κ3) is 3.56. The van der Waals surface area contributed by atoms with Crippen molar-refractivity contribution in [1.82, 2.24) is 19.9 Å². The van der Waals surface area contributed by atoms with Gasteiger partial charge in [0.25, 0.3) is 5.91 Å². The number of nitrogens with zero attached hydrogens (tertiary/aromatic N) is 4. The number of benzene rings is 1. The summed E-state index contributed by atoms with van der Waals surface area (Å²) in [5.41, 5.74) is 1.66. The minimum atomic E-state index is -0.0235. The fourth-order valence-electron chi connectivity index (χ4n) is 3.62. The van der Waals surface area contributed by atoms with Gasteiger partial charge in [-0.3, -0.25) is 9.78 Å². The summed E-state index contributed by atoms with van der Waals surface area (Å²) in [5.74, 6) is 0.801. The molecule has 29 heavy (non-hydrogen) atoms. The van der Waals surface area contributed by atoms with E-state index in [1.165, 1.54) is 10.4 Å². The molecular weight excluding hydrogens is 382 g/mol. The normalized spacial score (nSPS) is 16.3. The van der Waals surface area contributed by atoms with Crippen LogP contribution in [0.15, 0.2) is 67.1 Å². The van der Waals surface area contributed by atoms with Crippen LogP contribution in [0.1, 0.15) is 16.9 Å². The van der Waals surface area contributed by atoms with Gasteiger partial charge in [0, 0.05) is 30.2 Å². The Bertz CT molecular complexity index is 1150. The van der Waals surface area contributed by atoms with Gasteiger partial charge in [0.1, 0.15) is 22.7 Å². The van der Waals surface area contributed by atoms with Gasteiger partial charge in [-0.2, -0.15) is 0 Å². The third-order valence-electron chi connectivity index (χ3n) is 5.09. The topological polar surface area (TPSA) is 71.0 Å². The second kappa shape index (κ2) is 7.60. The first-order valence-corrected chi connectivity index (χ1v) is 10.4. The molecule has 1 fully saturated rings. The number of thiophene rings is 1. The van der Waals surface area contributed by atoms with Crippen LogP contribution in [0.2, 0.25) is 0 Å². The molecule has 1 aromatic carbocycles. The number of carbonyl (C=O) groups is 1. The number of hydrogen-bond donors (Lipinski definition) is 1. The summed E-state index contributed by atoms with van der Waals surface area (Å²) >= 11 is 1.66. The fourth-order valence-corrected chi connectivity index (χ4v) is 4.63. The lowest BCUT2D eigenvalue weighted by Crippen LogP contribution is -2.32. The summed E-state index contributed by atoms with van der Waals surface area (Å²) in [6.45, 7) is 1.34. The monoisotopic (exact) mass is 401 g/mol. The Balaban J connectivity index is 1.34. The number of pyridine rings is 1. The summed E-state index contributed by atoms with van der Waals surface area (Å²) < 4.78 is 0. The van der Waals surface area contributed by atoms with E-state index in [2.05, 4.69) is 38.5 Å². The van der Waals surface area contributed by atoms with Gasteiger partial charge in [-0.15, -0.1) is 11.3 Å². The van der Waals surface area contributed by atoms with Crippen molar-refractivity contribution >= 4 is 33.3 Å². The largest absolute Gasteiger partial charge is 0.365 e. The Kier molecular flexibility index (Phi) is 4.65. The lowest BCUT2D eigenvalue weighted by atomic mass is 10.2. The summed E-state index contributed by atoms with van der Waals surface area (Å²) in [7, 11) is 0. The molecular formula is C22H19N5OS. The molecule has 0 spiro atoms. The highest BCUT2D eigenvalue weighted by Gasteiger charge is 2.28. The average Bonchev–Trinajstić information content (AvgIpc) is 3.42. The minimum Gasteiger partial charge on any atom is -0.365 e. The van der Waals surface area contributed by atoms with E-state index < -0.39 is 0 Å². The Labute approximate surface area is 172 Å². The predicted octanol–water partition coefficient (Wildman–Crippen LogP) is 4.08. The quantitative estimate of drug-likeness (QED) is 0.558. The van der Waals surface area contributed by atoms with Gasteiger partial charge in [-0.05, 0) is 30.2 Å². The Hall–Kier alpha value is -3.32. The predicted molar refractivity (Wildman–Crippen MR) is 115 cm³/mol. The second-order valence-corrected chi connectivity index (χ2v) is 8.04. The molecule has 0 aliphatic carbocycles. The first-order chi connectivity index (χ1) is 14.3. The summed E-state index contributed by atoms with van der Waals surface area (Å²) in [6, 6.07) is 18.0. The molecule has 5 rings (SSSR count). The molecule has 1 aliphatic heterocycles. The molecule has 0 radical (unpaired) electrons. The van der Waals surface area contributed by atoms with Gasteiger partial charge in [0.15, 0.2) is 0 Å². The minimum absolute atomic E-state index is 0.0235. The lowest BCUT2D eigenvalue weighted by Gasteiger charge is -2.17. The maximum Gasteiger partial charge on any atom is 0.272 e. The highest BCUT2D eigenvalue weighted by atomic mass is 32.1. The van der Waals surface area contributed by atoms with E-state index in [0.717, 1.165) is 22.5 Å². The van der Waals surface area contributed by atoms with Crippen LogP contribution in [-0.2, 0) is 0 Å². The van der Waals surface area contributed by atoms with Crippen molar-refractivity contribution in [2.75, 3.05) is 18.4 Å². The smallest absolute Gasteiger partial charge is 0.272 e. The van der Waals surface area contributed by atoms with E-state index in [4.69, 9.17) is 0 Å². The molecule has 1 amide bonds. The van der Waals surface area contributed by atoms with E-state index >= 15 is 0 Å². The molecule has 4 heterocycles. The number of fused-ring (bicyclic) bond motifs is 1. The maximum absolute atomic E-state index is 12.6. The van der Waals surface area contributed by atoms with Crippen molar-refractivity contribution in [3.05, 3.63) is 72.8 Å². The van der Waals surface area contributed by atoms with Crippen molar-refractivity contribution in [3.63, 3.8) is 0 Å². The molecule has 1 N–H and O–H groups in total. The van der Waals surface area contributed by atoms with Gasteiger partial charge < -0.3 is 10.2 Å². The molecule has 1 aliphatic rings. The highest BCUT2D eigenvalue weighted by molar-refractivity contribution is 7.21. The summed E-state index contributed by atoms with van der Waals surface area (Å²) in [5, 5.41) is 4.55. The standard InChI is InChI=1S/C22H19N5OS/c28-22(18-8-4-5-10-23-18)27-11-9-16(13-27)26-20-17-12-19(15-6-2-1-3-7-15)29-21(17)25-14-24-20/h1-8,10,12,14,16H,9,11,13H2,(H,24,25,26). The van der Waals surface area contributed by atoms with Gasteiger partial charge >= 0.3 is 0 Å². The number of likely N-dealkylation sites (tertiary alicyclic amines) is 1. The molecule has 4 aromatic rings. The van der Waals surface area contributed by atoms with E-state index in [1.54, 1.807) is 29.9 Å². The van der Waals surface area contributed by atoms with Crippen molar-refractivity contribution in [2.24, 2.45) is 0 Å². The number of hydrogen-bond acceptors (Lipinski definition) is 6. The van der Waals surface area contributed by atoms with Crippen molar-refractivity contribution in [2.45, 2.75) is 12.5 Å². The molecule has 1 saturated heterocycles. The zero-order valence-corrected chi connectivity index (χ0v) is 16.5. The summed E-state index contributed by atoms with van der Waals surface area (Å²) in [6.07, 6.45) is 4.12. The van der Waals surface area contributed by atoms with Gasteiger partial charge in [-0.25, -0.2) is 9.97 Å². The first-order valence-electron chi connectivity index (χ1n) is 9.55. The highest BCUT2D eigenvalue weighted by Crippen LogP contribution is 2.35. The van der Waals surface area contributed by atoms with Crippen molar-refractivity contribution < 1.29 is 4.79 Å². The Morgan fingerprint density at radius 1 is 1.07 bits per heavy atom. The molecule has 3 aromatic heterocycles. The maximum atomic E-state index is 12.6. The SMILES string of the molecule is O=C(c1ccccn1)N1CCC(Nc2ncnc3sc(-c4ccccc4)cc23)C1.